The molecule has 0 radical (unpaired) electrons. The Morgan fingerprint density at radius 1 is 0.788 bits per heavy atom. The normalized spacial score (nSPS) is 14.8. The number of benzene rings is 1. The highest BCUT2D eigenvalue weighted by atomic mass is 16.4. The largest absolute Gasteiger partial charge is 0.480 e. The second-order valence-corrected chi connectivity index (χ2v) is 9.25. The predicted molar refractivity (Wildman–Crippen MR) is 126 cm³/mol. The molecule has 3 amide bonds. The Morgan fingerprint density at radius 3 is 1.82 bits per heavy atom. The highest BCUT2D eigenvalue weighted by Gasteiger charge is 2.29. The minimum atomic E-state index is -1.13. The SMILES string of the molecule is CC(C)C[C@H](NC(=O)[C@H](CC(C)C)NC(=O)[C@H](C)NC(=O)[C@@H](N)Cc1ccccc1)C(=O)O. The molecule has 1 aromatic rings. The standard InChI is InChI=1S/C24H38N4O5/c1-14(2)11-19(23(31)28-20(24(32)33)12-15(3)4)27-21(29)16(5)26-22(30)18(25)13-17-9-7-6-8-10-17/h6-10,14-16,18-20H,11-13,25H2,1-5H3,(H,26,30)(H,27,29)(H,28,31)(H,32,33)/t16-,18-,19-,20-/m0/s1. The number of amides is 3. The Bertz CT molecular complexity index is 797. The molecule has 0 saturated heterocycles. The van der Waals surface area contributed by atoms with Crippen molar-refractivity contribution in [1.82, 2.24) is 16.0 Å². The van der Waals surface area contributed by atoms with Crippen LogP contribution in [0.3, 0.4) is 0 Å². The lowest BCUT2D eigenvalue weighted by Gasteiger charge is -2.25. The van der Waals surface area contributed by atoms with E-state index in [1.54, 1.807) is 0 Å². The molecule has 4 atom stereocenters. The van der Waals surface area contributed by atoms with Crippen molar-refractivity contribution in [3.63, 3.8) is 0 Å². The molecule has 6 N–H and O–H groups in total. The first-order chi connectivity index (χ1) is 15.4. The third-order valence-corrected chi connectivity index (χ3v) is 5.05. The van der Waals surface area contributed by atoms with Crippen LogP contribution in [0.15, 0.2) is 30.3 Å². The highest BCUT2D eigenvalue weighted by Crippen LogP contribution is 2.09. The zero-order valence-electron chi connectivity index (χ0n) is 20.1. The van der Waals surface area contributed by atoms with Crippen LogP contribution in [0.1, 0.15) is 53.0 Å². The molecule has 0 aromatic heterocycles. The fourth-order valence-corrected chi connectivity index (χ4v) is 3.31. The molecule has 33 heavy (non-hydrogen) atoms. The van der Waals surface area contributed by atoms with Gasteiger partial charge < -0.3 is 26.8 Å². The summed E-state index contributed by atoms with van der Waals surface area (Å²) in [5.74, 6) is -2.58. The van der Waals surface area contributed by atoms with Crippen molar-refractivity contribution in [1.29, 1.82) is 0 Å². The first kappa shape index (κ1) is 28.1. The summed E-state index contributed by atoms with van der Waals surface area (Å²) in [6, 6.07) is 5.58. The third-order valence-electron chi connectivity index (χ3n) is 5.05. The van der Waals surface area contributed by atoms with Gasteiger partial charge in [0, 0.05) is 0 Å². The number of carbonyl (C=O) groups excluding carboxylic acids is 3. The highest BCUT2D eigenvalue weighted by molar-refractivity contribution is 5.93. The Kier molecular flexibility index (Phi) is 11.6. The van der Waals surface area contributed by atoms with Gasteiger partial charge in [-0.15, -0.1) is 0 Å². The summed E-state index contributed by atoms with van der Waals surface area (Å²) in [5.41, 5.74) is 6.88. The third kappa shape index (κ3) is 10.5. The van der Waals surface area contributed by atoms with Gasteiger partial charge in [0.15, 0.2) is 0 Å². The molecule has 0 spiro atoms. The minimum absolute atomic E-state index is 0.0682. The number of rotatable bonds is 13. The number of aliphatic carboxylic acids is 1. The quantitative estimate of drug-likeness (QED) is 0.297. The van der Waals surface area contributed by atoms with E-state index in [1.807, 2.05) is 58.0 Å². The van der Waals surface area contributed by atoms with E-state index in [2.05, 4.69) is 16.0 Å². The fourth-order valence-electron chi connectivity index (χ4n) is 3.31. The van der Waals surface area contributed by atoms with E-state index < -0.39 is 47.9 Å². The van der Waals surface area contributed by atoms with Gasteiger partial charge >= 0.3 is 5.97 Å². The summed E-state index contributed by atoms with van der Waals surface area (Å²) < 4.78 is 0. The number of carboxylic acids is 1. The van der Waals surface area contributed by atoms with Crippen LogP contribution in [0.4, 0.5) is 0 Å². The first-order valence-corrected chi connectivity index (χ1v) is 11.3. The molecule has 0 unspecified atom stereocenters. The van der Waals surface area contributed by atoms with Gasteiger partial charge in [0.2, 0.25) is 17.7 Å². The maximum atomic E-state index is 12.8. The zero-order valence-corrected chi connectivity index (χ0v) is 20.1. The average molecular weight is 463 g/mol. The molecule has 0 bridgehead atoms. The lowest BCUT2D eigenvalue weighted by Crippen LogP contribution is -2.56. The second kappa shape index (κ2) is 13.6. The molecular weight excluding hydrogens is 424 g/mol. The van der Waals surface area contributed by atoms with Crippen molar-refractivity contribution in [2.24, 2.45) is 17.6 Å². The van der Waals surface area contributed by atoms with Gasteiger partial charge in [-0.2, -0.15) is 0 Å². The van der Waals surface area contributed by atoms with Crippen molar-refractivity contribution in [2.75, 3.05) is 0 Å². The van der Waals surface area contributed by atoms with Crippen molar-refractivity contribution in [3.05, 3.63) is 35.9 Å². The van der Waals surface area contributed by atoms with Crippen molar-refractivity contribution in [3.8, 4) is 0 Å². The molecule has 0 aliphatic rings. The smallest absolute Gasteiger partial charge is 0.326 e. The van der Waals surface area contributed by atoms with Crippen LogP contribution in [-0.4, -0.2) is 53.0 Å². The monoisotopic (exact) mass is 462 g/mol. The van der Waals surface area contributed by atoms with Crippen LogP contribution in [0.2, 0.25) is 0 Å². The summed E-state index contributed by atoms with van der Waals surface area (Å²) in [5, 5.41) is 17.1. The number of nitrogens with one attached hydrogen (secondary N) is 3. The van der Waals surface area contributed by atoms with Crippen molar-refractivity contribution < 1.29 is 24.3 Å². The van der Waals surface area contributed by atoms with Gasteiger partial charge in [0.05, 0.1) is 6.04 Å². The van der Waals surface area contributed by atoms with E-state index in [9.17, 15) is 24.3 Å². The van der Waals surface area contributed by atoms with Crippen LogP contribution in [0, 0.1) is 11.8 Å². The molecule has 0 aliphatic heterocycles. The lowest BCUT2D eigenvalue weighted by molar-refractivity contribution is -0.143. The summed E-state index contributed by atoms with van der Waals surface area (Å²) in [7, 11) is 0. The molecule has 1 aromatic carbocycles. The molecule has 9 heteroatoms. The van der Waals surface area contributed by atoms with E-state index in [0.717, 1.165) is 5.56 Å². The number of hydrogen-bond donors (Lipinski definition) is 5. The van der Waals surface area contributed by atoms with E-state index in [4.69, 9.17) is 5.73 Å². The molecule has 9 nitrogen and oxygen atoms in total. The molecule has 0 aliphatic carbocycles. The number of carbonyl (C=O) groups is 4. The van der Waals surface area contributed by atoms with Gasteiger partial charge in [0.1, 0.15) is 18.1 Å². The Hall–Kier alpha value is -2.94. The van der Waals surface area contributed by atoms with Crippen molar-refractivity contribution in [2.45, 2.75) is 78.0 Å². The lowest BCUT2D eigenvalue weighted by atomic mass is 10.0. The van der Waals surface area contributed by atoms with Gasteiger partial charge in [-0.05, 0) is 43.6 Å². The first-order valence-electron chi connectivity index (χ1n) is 11.3. The second-order valence-electron chi connectivity index (χ2n) is 9.25. The van der Waals surface area contributed by atoms with Crippen LogP contribution < -0.4 is 21.7 Å². The molecule has 184 valence electrons. The van der Waals surface area contributed by atoms with Crippen molar-refractivity contribution >= 4 is 23.7 Å². The summed E-state index contributed by atoms with van der Waals surface area (Å²) in [6.07, 6.45) is 0.917. The van der Waals surface area contributed by atoms with Crippen LogP contribution >= 0.6 is 0 Å². The number of carboxylic acid groups (broad SMARTS) is 1. The van der Waals surface area contributed by atoms with Crippen LogP contribution in [0.5, 0.6) is 0 Å². The van der Waals surface area contributed by atoms with E-state index in [-0.39, 0.29) is 18.3 Å². The topological polar surface area (TPSA) is 151 Å². The minimum Gasteiger partial charge on any atom is -0.480 e. The average Bonchev–Trinajstić information content (AvgIpc) is 2.72. The van der Waals surface area contributed by atoms with Gasteiger partial charge in [-0.1, -0.05) is 58.0 Å². The number of hydrogen-bond acceptors (Lipinski definition) is 5. The molecule has 0 heterocycles. The fraction of sp³-hybridized carbons (Fsp3) is 0.583. The van der Waals surface area contributed by atoms with E-state index >= 15 is 0 Å². The Labute approximate surface area is 195 Å². The Morgan fingerprint density at radius 2 is 1.30 bits per heavy atom. The van der Waals surface area contributed by atoms with Gasteiger partial charge in [-0.25, -0.2) is 4.79 Å². The molecular formula is C24H38N4O5. The van der Waals surface area contributed by atoms with Crippen LogP contribution in [0.25, 0.3) is 0 Å². The molecule has 0 fully saturated rings. The maximum Gasteiger partial charge on any atom is 0.326 e. The van der Waals surface area contributed by atoms with E-state index in [1.165, 1.54) is 6.92 Å². The number of nitrogens with two attached hydrogens (primary N) is 1. The molecule has 1 rings (SSSR count). The summed E-state index contributed by atoms with van der Waals surface area (Å²) >= 11 is 0. The van der Waals surface area contributed by atoms with Gasteiger partial charge in [0.25, 0.3) is 0 Å². The van der Waals surface area contributed by atoms with Crippen LogP contribution in [-0.2, 0) is 25.6 Å². The summed E-state index contributed by atoms with van der Waals surface area (Å²) in [6.45, 7) is 9.02. The van der Waals surface area contributed by atoms with Gasteiger partial charge in [-0.3, -0.25) is 14.4 Å². The predicted octanol–water partition coefficient (Wildman–Crippen LogP) is 1.21. The molecule has 0 saturated carbocycles. The van der Waals surface area contributed by atoms with E-state index in [0.29, 0.717) is 12.8 Å². The zero-order chi connectivity index (χ0) is 25.1. The maximum absolute atomic E-state index is 12.8. The Balaban J connectivity index is 2.74. The summed E-state index contributed by atoms with van der Waals surface area (Å²) in [4.78, 5) is 49.4.